The Morgan fingerprint density at radius 1 is 0.964 bits per heavy atom. The predicted octanol–water partition coefficient (Wildman–Crippen LogP) is 3.02. The lowest BCUT2D eigenvalue weighted by Crippen LogP contribution is -2.23. The summed E-state index contributed by atoms with van der Waals surface area (Å²) in [5, 5.41) is 16.1. The second-order valence-corrected chi connectivity index (χ2v) is 5.96. The van der Waals surface area contributed by atoms with Gasteiger partial charge in [0.25, 0.3) is 5.91 Å². The van der Waals surface area contributed by atoms with Gasteiger partial charge in [0.1, 0.15) is 5.82 Å². The Morgan fingerprint density at radius 2 is 1.75 bits per heavy atom. The van der Waals surface area contributed by atoms with Crippen LogP contribution in [0.2, 0.25) is 0 Å². The van der Waals surface area contributed by atoms with Crippen LogP contribution in [0.5, 0.6) is 0 Å². The molecule has 3 N–H and O–H groups in total. The fraction of sp³-hybridized carbons (Fsp3) is 0. The van der Waals surface area contributed by atoms with E-state index in [9.17, 15) is 14.8 Å². The van der Waals surface area contributed by atoms with Crippen molar-refractivity contribution < 1.29 is 10.0 Å². The van der Waals surface area contributed by atoms with Crippen LogP contribution in [0.4, 0.5) is 17.2 Å². The van der Waals surface area contributed by atoms with E-state index in [1.807, 2.05) is 18.2 Å². The van der Waals surface area contributed by atoms with Crippen LogP contribution < -0.4 is 16.3 Å². The highest BCUT2D eigenvalue weighted by atomic mass is 16.5. The Hall–Kier alpha value is -4.20. The number of fused-ring (bicyclic) bond motifs is 1. The van der Waals surface area contributed by atoms with Gasteiger partial charge in [-0.05, 0) is 42.5 Å². The number of hydrogen-bond acceptors (Lipinski definition) is 6. The molecular formula is C20H15N5O3. The molecule has 8 heteroatoms. The lowest BCUT2D eigenvalue weighted by atomic mass is 10.1. The number of para-hydroxylation sites is 1. The molecule has 138 valence electrons. The van der Waals surface area contributed by atoms with Crippen molar-refractivity contribution in [1.29, 1.82) is 0 Å². The highest BCUT2D eigenvalue weighted by Crippen LogP contribution is 2.22. The Labute approximate surface area is 159 Å². The van der Waals surface area contributed by atoms with Crippen LogP contribution in [0.15, 0.2) is 77.7 Å². The zero-order chi connectivity index (χ0) is 19.5. The molecular weight excluding hydrogens is 358 g/mol. The maximum absolute atomic E-state index is 12.5. The van der Waals surface area contributed by atoms with E-state index in [4.69, 9.17) is 0 Å². The van der Waals surface area contributed by atoms with Crippen molar-refractivity contribution in [2.24, 2.45) is 0 Å². The van der Waals surface area contributed by atoms with E-state index in [1.54, 1.807) is 48.5 Å². The zero-order valence-electron chi connectivity index (χ0n) is 14.5. The van der Waals surface area contributed by atoms with Crippen LogP contribution in [-0.2, 0) is 0 Å². The number of carbonyl (C=O) groups excluding carboxylic acids is 1. The van der Waals surface area contributed by atoms with Gasteiger partial charge < -0.3 is 15.8 Å². The molecule has 0 unspecified atom stereocenters. The number of amides is 1. The smallest absolute Gasteiger partial charge is 0.384 e. The van der Waals surface area contributed by atoms with Crippen molar-refractivity contribution in [3.63, 3.8) is 0 Å². The molecule has 0 aliphatic rings. The minimum Gasteiger partial charge on any atom is -0.422 e. The third-order valence-corrected chi connectivity index (χ3v) is 4.05. The summed E-state index contributed by atoms with van der Waals surface area (Å²) in [4.78, 5) is 32.2. The minimum absolute atomic E-state index is 0.0861. The number of aromatic nitrogens is 3. The first-order chi connectivity index (χ1) is 13.6. The first-order valence-corrected chi connectivity index (χ1v) is 8.42. The summed E-state index contributed by atoms with van der Waals surface area (Å²) >= 11 is 0. The lowest BCUT2D eigenvalue weighted by Gasteiger charge is -2.11. The van der Waals surface area contributed by atoms with Gasteiger partial charge in [-0.2, -0.15) is 4.98 Å². The van der Waals surface area contributed by atoms with E-state index in [1.165, 1.54) is 6.20 Å². The van der Waals surface area contributed by atoms with E-state index in [0.29, 0.717) is 27.1 Å². The molecule has 8 nitrogen and oxygen atoms in total. The third kappa shape index (κ3) is 3.38. The molecule has 0 aliphatic heterocycles. The summed E-state index contributed by atoms with van der Waals surface area (Å²) in [7, 11) is 0. The molecule has 2 aromatic carbocycles. The number of benzene rings is 2. The molecule has 2 heterocycles. The quantitative estimate of drug-likeness (QED) is 0.475. The van der Waals surface area contributed by atoms with Gasteiger partial charge in [-0.15, -0.1) is 4.73 Å². The number of rotatable bonds is 4. The van der Waals surface area contributed by atoms with E-state index < -0.39 is 5.69 Å². The summed E-state index contributed by atoms with van der Waals surface area (Å²) in [6.07, 6.45) is 1.47. The largest absolute Gasteiger partial charge is 0.422 e. The lowest BCUT2D eigenvalue weighted by molar-refractivity contribution is 0.102. The van der Waals surface area contributed by atoms with Crippen LogP contribution >= 0.6 is 0 Å². The van der Waals surface area contributed by atoms with Gasteiger partial charge in [-0.25, -0.2) is 9.78 Å². The van der Waals surface area contributed by atoms with Crippen molar-refractivity contribution in [3.8, 4) is 0 Å². The van der Waals surface area contributed by atoms with Crippen molar-refractivity contribution in [3.05, 3.63) is 89.0 Å². The highest BCUT2D eigenvalue weighted by molar-refractivity contribution is 6.05. The number of carbonyl (C=O) groups is 1. The van der Waals surface area contributed by atoms with E-state index >= 15 is 0 Å². The highest BCUT2D eigenvalue weighted by Gasteiger charge is 2.12. The number of pyridine rings is 1. The molecule has 4 aromatic rings. The number of anilines is 3. The minimum atomic E-state index is -0.855. The van der Waals surface area contributed by atoms with Gasteiger partial charge in [-0.3, -0.25) is 4.79 Å². The fourth-order valence-electron chi connectivity index (χ4n) is 2.74. The molecule has 0 fully saturated rings. The number of hydrogen-bond donors (Lipinski definition) is 3. The summed E-state index contributed by atoms with van der Waals surface area (Å²) in [5.74, 6) is -0.0286. The van der Waals surface area contributed by atoms with Gasteiger partial charge in [0.05, 0.1) is 5.39 Å². The van der Waals surface area contributed by atoms with E-state index in [2.05, 4.69) is 20.6 Å². The maximum atomic E-state index is 12.5. The summed E-state index contributed by atoms with van der Waals surface area (Å²) in [6.45, 7) is 0. The molecule has 1 amide bonds. The Balaban J connectivity index is 1.64. The normalized spacial score (nSPS) is 10.6. The Morgan fingerprint density at radius 3 is 2.57 bits per heavy atom. The van der Waals surface area contributed by atoms with Crippen molar-refractivity contribution in [1.82, 2.24) is 14.7 Å². The molecule has 2 aromatic heterocycles. The average Bonchev–Trinajstić information content (AvgIpc) is 2.73. The summed E-state index contributed by atoms with van der Waals surface area (Å²) in [5.41, 5.74) is 0.922. The maximum Gasteiger partial charge on any atom is 0.384 e. The van der Waals surface area contributed by atoms with Gasteiger partial charge in [0, 0.05) is 23.1 Å². The molecule has 0 radical (unpaired) electrons. The molecule has 0 saturated heterocycles. The molecule has 0 bridgehead atoms. The fourth-order valence-corrected chi connectivity index (χ4v) is 2.74. The van der Waals surface area contributed by atoms with E-state index in [0.717, 1.165) is 0 Å². The average molecular weight is 373 g/mol. The van der Waals surface area contributed by atoms with Crippen LogP contribution in [0.25, 0.3) is 11.0 Å². The van der Waals surface area contributed by atoms with Crippen LogP contribution in [0, 0.1) is 0 Å². The van der Waals surface area contributed by atoms with Gasteiger partial charge in [0.15, 0.2) is 5.65 Å². The Bertz CT molecular complexity index is 1220. The van der Waals surface area contributed by atoms with Crippen molar-refractivity contribution >= 4 is 34.1 Å². The van der Waals surface area contributed by atoms with Gasteiger partial charge >= 0.3 is 5.69 Å². The Kier molecular flexibility index (Phi) is 4.43. The molecule has 4 rings (SSSR count). The van der Waals surface area contributed by atoms with Crippen molar-refractivity contribution in [2.75, 3.05) is 10.6 Å². The first kappa shape index (κ1) is 17.2. The van der Waals surface area contributed by atoms with Crippen LogP contribution in [-0.4, -0.2) is 25.8 Å². The topological polar surface area (TPSA) is 109 Å². The van der Waals surface area contributed by atoms with Crippen LogP contribution in [0.3, 0.4) is 0 Å². The number of nitrogens with zero attached hydrogens (tertiary/aromatic N) is 3. The monoisotopic (exact) mass is 373 g/mol. The summed E-state index contributed by atoms with van der Waals surface area (Å²) in [6, 6.07) is 19.3. The molecule has 0 atom stereocenters. The SMILES string of the molecule is O=C(Nc1ccccc1)c1cccc(Nc2nc(=O)n(O)c3ncccc23)c1. The molecule has 0 aliphatic carbocycles. The van der Waals surface area contributed by atoms with Crippen LogP contribution in [0.1, 0.15) is 10.4 Å². The van der Waals surface area contributed by atoms with Crippen molar-refractivity contribution in [2.45, 2.75) is 0 Å². The van der Waals surface area contributed by atoms with Gasteiger partial charge in [-0.1, -0.05) is 24.3 Å². The second-order valence-electron chi connectivity index (χ2n) is 5.96. The zero-order valence-corrected chi connectivity index (χ0v) is 14.5. The van der Waals surface area contributed by atoms with E-state index in [-0.39, 0.29) is 17.4 Å². The predicted molar refractivity (Wildman–Crippen MR) is 105 cm³/mol. The number of nitrogens with one attached hydrogen (secondary N) is 2. The van der Waals surface area contributed by atoms with Gasteiger partial charge in [0.2, 0.25) is 0 Å². The standard InChI is InChI=1S/C20H15N5O3/c26-19(23-14-7-2-1-3-8-14)13-6-4-9-15(12-13)22-17-16-10-5-11-21-18(16)25(28)20(27)24-17/h1-12,28H,(H,23,26)(H,22,24,27). The first-order valence-electron chi connectivity index (χ1n) is 8.42. The molecule has 28 heavy (non-hydrogen) atoms. The summed E-state index contributed by atoms with van der Waals surface area (Å²) < 4.78 is 0.393. The molecule has 0 saturated carbocycles. The molecule has 0 spiro atoms. The third-order valence-electron chi connectivity index (χ3n) is 4.05. The second kappa shape index (κ2) is 7.20.